The largest absolute Gasteiger partial charge is 0.487 e. The normalized spacial score (nSPS) is 11.3. The molecule has 0 aliphatic carbocycles. The van der Waals surface area contributed by atoms with Crippen LogP contribution in [-0.4, -0.2) is 25.0 Å². The molecule has 0 saturated carbocycles. The number of aromatic amines is 1. The first-order valence-corrected chi connectivity index (χ1v) is 10.5. The Balaban J connectivity index is 1.12. The van der Waals surface area contributed by atoms with E-state index >= 15 is 0 Å². The summed E-state index contributed by atoms with van der Waals surface area (Å²) < 4.78 is 26.7. The van der Waals surface area contributed by atoms with Gasteiger partial charge in [-0.3, -0.25) is 4.68 Å². The summed E-state index contributed by atoms with van der Waals surface area (Å²) in [6, 6.07) is 14.6. The molecule has 32 heavy (non-hydrogen) atoms. The van der Waals surface area contributed by atoms with Gasteiger partial charge in [0, 0.05) is 23.6 Å². The van der Waals surface area contributed by atoms with Gasteiger partial charge in [-0.1, -0.05) is 17.3 Å². The lowest BCUT2D eigenvalue weighted by atomic mass is 10.1. The monoisotopic (exact) mass is 431 g/mol. The fraction of sp³-hybridized carbons (Fsp3) is 0.208. The Bertz CT molecular complexity index is 1290. The molecule has 162 valence electrons. The van der Waals surface area contributed by atoms with Gasteiger partial charge < -0.3 is 14.1 Å². The zero-order chi connectivity index (χ0) is 21.8. The number of aromatic nitrogens is 5. The van der Waals surface area contributed by atoms with Gasteiger partial charge in [0.25, 0.3) is 0 Å². The second kappa shape index (κ2) is 9.05. The van der Waals surface area contributed by atoms with Gasteiger partial charge in [0.1, 0.15) is 35.8 Å². The average molecular weight is 431 g/mol. The van der Waals surface area contributed by atoms with E-state index < -0.39 is 0 Å². The summed E-state index contributed by atoms with van der Waals surface area (Å²) in [6.07, 6.45) is 8.30. The van der Waals surface area contributed by atoms with Gasteiger partial charge in [-0.2, -0.15) is 0 Å². The van der Waals surface area contributed by atoms with Crippen LogP contribution in [-0.2, 0) is 19.6 Å². The molecule has 5 aromatic rings. The van der Waals surface area contributed by atoms with E-state index in [4.69, 9.17) is 9.15 Å². The SMILES string of the molecule is Fc1ccc2cc(-c3nc(COc4ccc(CCCCn5ccnn5)cc4)co3)[nH]c2c1. The van der Waals surface area contributed by atoms with E-state index in [9.17, 15) is 4.39 Å². The van der Waals surface area contributed by atoms with Crippen LogP contribution in [0.3, 0.4) is 0 Å². The molecule has 8 heteroatoms. The summed E-state index contributed by atoms with van der Waals surface area (Å²) in [5.74, 6) is 0.939. The summed E-state index contributed by atoms with van der Waals surface area (Å²) in [5.41, 5.74) is 3.36. The maximum absolute atomic E-state index is 13.4. The van der Waals surface area contributed by atoms with Crippen LogP contribution in [0.2, 0.25) is 0 Å². The molecular formula is C24H22FN5O2. The predicted molar refractivity (Wildman–Crippen MR) is 117 cm³/mol. The number of hydrogen-bond donors (Lipinski definition) is 1. The van der Waals surface area contributed by atoms with E-state index in [0.717, 1.165) is 36.9 Å². The van der Waals surface area contributed by atoms with Crippen molar-refractivity contribution in [1.29, 1.82) is 0 Å². The van der Waals surface area contributed by atoms with Crippen molar-refractivity contribution in [3.63, 3.8) is 0 Å². The first-order chi connectivity index (χ1) is 15.7. The Morgan fingerprint density at radius 2 is 1.97 bits per heavy atom. The topological polar surface area (TPSA) is 81.8 Å². The van der Waals surface area contributed by atoms with Crippen molar-refractivity contribution >= 4 is 10.9 Å². The summed E-state index contributed by atoms with van der Waals surface area (Å²) >= 11 is 0. The Labute approximate surface area is 183 Å². The minimum absolute atomic E-state index is 0.287. The maximum atomic E-state index is 13.4. The van der Waals surface area contributed by atoms with Crippen LogP contribution in [0, 0.1) is 5.82 Å². The zero-order valence-corrected chi connectivity index (χ0v) is 17.4. The molecule has 0 amide bonds. The molecule has 7 nitrogen and oxygen atoms in total. The lowest BCUT2D eigenvalue weighted by molar-refractivity contribution is 0.301. The van der Waals surface area contributed by atoms with Crippen LogP contribution in [0.5, 0.6) is 5.75 Å². The summed E-state index contributed by atoms with van der Waals surface area (Å²) in [7, 11) is 0. The van der Waals surface area contributed by atoms with Crippen LogP contribution in [0.25, 0.3) is 22.5 Å². The second-order valence-electron chi connectivity index (χ2n) is 7.61. The van der Waals surface area contributed by atoms with E-state index in [-0.39, 0.29) is 5.82 Å². The number of nitrogens with zero attached hydrogens (tertiary/aromatic N) is 4. The summed E-state index contributed by atoms with van der Waals surface area (Å²) in [6.45, 7) is 1.19. The molecule has 3 aromatic heterocycles. The second-order valence-corrected chi connectivity index (χ2v) is 7.61. The summed E-state index contributed by atoms with van der Waals surface area (Å²) in [5, 5.41) is 8.68. The molecular weight excluding hydrogens is 409 g/mol. The molecule has 3 heterocycles. The van der Waals surface area contributed by atoms with Gasteiger partial charge in [-0.15, -0.1) is 5.10 Å². The van der Waals surface area contributed by atoms with Crippen molar-refractivity contribution < 1.29 is 13.5 Å². The minimum atomic E-state index is -0.287. The van der Waals surface area contributed by atoms with Crippen molar-refractivity contribution in [3.8, 4) is 17.3 Å². The molecule has 0 bridgehead atoms. The third-order valence-corrected chi connectivity index (χ3v) is 5.25. The van der Waals surface area contributed by atoms with Crippen LogP contribution >= 0.6 is 0 Å². The minimum Gasteiger partial charge on any atom is -0.487 e. The van der Waals surface area contributed by atoms with Gasteiger partial charge in [-0.05, 0) is 61.2 Å². The molecule has 0 atom stereocenters. The quantitative estimate of drug-likeness (QED) is 0.326. The van der Waals surface area contributed by atoms with Crippen LogP contribution in [0.4, 0.5) is 4.39 Å². The number of nitrogens with one attached hydrogen (secondary N) is 1. The summed E-state index contributed by atoms with van der Waals surface area (Å²) in [4.78, 5) is 7.60. The van der Waals surface area contributed by atoms with Gasteiger partial charge in [0.2, 0.25) is 5.89 Å². The van der Waals surface area contributed by atoms with Gasteiger partial charge >= 0.3 is 0 Å². The number of unbranched alkanes of at least 4 members (excludes halogenated alkanes) is 1. The molecule has 5 rings (SSSR count). The number of fused-ring (bicyclic) bond motifs is 1. The number of oxazole rings is 1. The number of ether oxygens (including phenoxy) is 1. The molecule has 2 aromatic carbocycles. The highest BCUT2D eigenvalue weighted by atomic mass is 19.1. The standard InChI is InChI=1S/C24H22FN5O2/c25-19-7-6-18-13-23(28-22(18)14-19)24-27-20(16-32-24)15-31-21-8-4-17(5-9-21)3-1-2-11-30-12-10-26-29-30/h4-10,12-14,16,28H,1-3,11,15H2. The van der Waals surface area contributed by atoms with Crippen molar-refractivity contribution in [2.75, 3.05) is 0 Å². The lowest BCUT2D eigenvalue weighted by Crippen LogP contribution is -1.99. The lowest BCUT2D eigenvalue weighted by Gasteiger charge is -2.06. The van der Waals surface area contributed by atoms with E-state index in [1.54, 1.807) is 18.5 Å². The van der Waals surface area contributed by atoms with E-state index in [2.05, 4.69) is 32.4 Å². The molecule has 0 aliphatic rings. The zero-order valence-electron chi connectivity index (χ0n) is 17.4. The third-order valence-electron chi connectivity index (χ3n) is 5.25. The number of rotatable bonds is 9. The van der Waals surface area contributed by atoms with E-state index in [1.807, 2.05) is 29.1 Å². The Kier molecular flexibility index (Phi) is 5.65. The van der Waals surface area contributed by atoms with Crippen molar-refractivity contribution in [2.45, 2.75) is 32.4 Å². The number of hydrogen-bond acceptors (Lipinski definition) is 5. The fourth-order valence-corrected chi connectivity index (χ4v) is 3.58. The van der Waals surface area contributed by atoms with Crippen molar-refractivity contribution in [1.82, 2.24) is 25.0 Å². The molecule has 0 aliphatic heterocycles. The smallest absolute Gasteiger partial charge is 0.243 e. The highest BCUT2D eigenvalue weighted by Gasteiger charge is 2.11. The van der Waals surface area contributed by atoms with Gasteiger partial charge in [0.15, 0.2) is 0 Å². The number of aryl methyl sites for hydroxylation is 2. The van der Waals surface area contributed by atoms with E-state index in [0.29, 0.717) is 29.4 Å². The Morgan fingerprint density at radius 1 is 1.06 bits per heavy atom. The predicted octanol–water partition coefficient (Wildman–Crippen LogP) is 5.16. The number of H-pyrrole nitrogens is 1. The van der Waals surface area contributed by atoms with Crippen molar-refractivity contribution in [2.24, 2.45) is 0 Å². The van der Waals surface area contributed by atoms with E-state index in [1.165, 1.54) is 17.7 Å². The van der Waals surface area contributed by atoms with Crippen LogP contribution in [0.15, 0.2) is 71.6 Å². The molecule has 1 N–H and O–H groups in total. The molecule has 0 fully saturated rings. The average Bonchev–Trinajstić information content (AvgIpc) is 3.56. The third kappa shape index (κ3) is 4.69. The Hall–Kier alpha value is -3.94. The van der Waals surface area contributed by atoms with Gasteiger partial charge in [0.05, 0.1) is 6.20 Å². The maximum Gasteiger partial charge on any atom is 0.243 e. The molecule has 0 saturated heterocycles. The van der Waals surface area contributed by atoms with Crippen LogP contribution < -0.4 is 4.74 Å². The first kappa shape index (κ1) is 20.0. The van der Waals surface area contributed by atoms with Crippen molar-refractivity contribution in [3.05, 3.63) is 84.3 Å². The molecule has 0 spiro atoms. The first-order valence-electron chi connectivity index (χ1n) is 10.5. The molecule has 0 radical (unpaired) electrons. The fourth-order valence-electron chi connectivity index (χ4n) is 3.58. The number of benzene rings is 2. The highest BCUT2D eigenvalue weighted by Crippen LogP contribution is 2.24. The number of halogens is 1. The Morgan fingerprint density at radius 3 is 2.81 bits per heavy atom. The molecule has 0 unspecified atom stereocenters. The highest BCUT2D eigenvalue weighted by molar-refractivity contribution is 5.84. The van der Waals surface area contributed by atoms with Gasteiger partial charge in [-0.25, -0.2) is 9.37 Å². The van der Waals surface area contributed by atoms with Crippen LogP contribution in [0.1, 0.15) is 24.1 Å².